The Kier molecular flexibility index (Phi) is 6.16. The van der Waals surface area contributed by atoms with Crippen molar-refractivity contribution in [2.45, 2.75) is 51.0 Å². The third kappa shape index (κ3) is 4.69. The number of carbonyl (C=O) groups is 1. The smallest absolute Gasteiger partial charge is 0.222 e. The molecule has 0 aromatic rings. The van der Waals surface area contributed by atoms with Gasteiger partial charge in [0.25, 0.3) is 0 Å². The largest absolute Gasteiger partial charge is 0.381 e. The fourth-order valence-corrected chi connectivity index (χ4v) is 2.95. The van der Waals surface area contributed by atoms with Crippen molar-refractivity contribution in [1.29, 1.82) is 0 Å². The van der Waals surface area contributed by atoms with E-state index < -0.39 is 0 Å². The molecule has 0 aliphatic carbocycles. The maximum Gasteiger partial charge on any atom is 0.222 e. The Balaban J connectivity index is 0.00000220. The summed E-state index contributed by atoms with van der Waals surface area (Å²) in [6, 6.07) is 0.552. The van der Waals surface area contributed by atoms with E-state index >= 15 is 0 Å². The molecule has 0 aromatic carbocycles. The first-order chi connectivity index (χ1) is 9.79. The third-order valence-electron chi connectivity index (χ3n) is 4.24. The van der Waals surface area contributed by atoms with Crippen molar-refractivity contribution in [2.24, 2.45) is 0 Å². The summed E-state index contributed by atoms with van der Waals surface area (Å²) in [5.41, 5.74) is 3.92. The lowest BCUT2D eigenvalue weighted by Gasteiger charge is -2.26. The number of carbonyl (C=O) groups excluding carboxylic acids is 1. The van der Waals surface area contributed by atoms with Crippen LogP contribution in [0, 0.1) is 0 Å². The zero-order valence-electron chi connectivity index (χ0n) is 12.4. The first-order valence-electron chi connectivity index (χ1n) is 7.93. The summed E-state index contributed by atoms with van der Waals surface area (Å²) in [6.07, 6.45) is 7.35. The van der Waals surface area contributed by atoms with Crippen LogP contribution < -0.4 is 10.6 Å². The minimum Gasteiger partial charge on any atom is -0.381 e. The summed E-state index contributed by atoms with van der Waals surface area (Å²) in [4.78, 5) is 14.1. The Hall–Kier alpha value is -1.25. The van der Waals surface area contributed by atoms with Crippen LogP contribution in [-0.2, 0) is 4.79 Å². The second-order valence-corrected chi connectivity index (χ2v) is 5.77. The van der Waals surface area contributed by atoms with Crippen molar-refractivity contribution < 1.29 is 7.65 Å². The fraction of sp³-hybridized carbons (Fsp3) is 0.750. The molecule has 2 aliphatic heterocycles. The molecule has 2 heterocycles. The van der Waals surface area contributed by atoms with E-state index in [0.29, 0.717) is 12.5 Å². The lowest BCUT2D eigenvalue weighted by molar-refractivity contribution is -0.132. The van der Waals surface area contributed by atoms with Gasteiger partial charge in [-0.1, -0.05) is 6.58 Å². The number of hydrogen-bond acceptors (Lipinski definition) is 3. The van der Waals surface area contributed by atoms with Crippen LogP contribution in [-0.4, -0.2) is 43.0 Å². The standard InChI is InChI=1S/C16H27N3O.2H2/c1-2-14(18-13-15-7-6-10-17-15)8-9-16(20)19-11-4-3-5-12-19;;/h15,17-18H,1,3-13H2;2*1H/t15-;;/m1../s1. The molecule has 4 nitrogen and oxygen atoms in total. The highest BCUT2D eigenvalue weighted by atomic mass is 16.2. The highest BCUT2D eigenvalue weighted by Crippen LogP contribution is 2.12. The molecule has 1 amide bonds. The molecule has 2 saturated heterocycles. The van der Waals surface area contributed by atoms with Crippen LogP contribution in [0.25, 0.3) is 0 Å². The van der Waals surface area contributed by atoms with E-state index in [0.717, 1.165) is 51.1 Å². The van der Waals surface area contributed by atoms with Gasteiger partial charge in [0.1, 0.15) is 0 Å². The second kappa shape index (κ2) is 8.13. The number of nitrogens with one attached hydrogen (secondary N) is 2. The quantitative estimate of drug-likeness (QED) is 0.734. The zero-order valence-corrected chi connectivity index (χ0v) is 12.4. The lowest BCUT2D eigenvalue weighted by Crippen LogP contribution is -2.36. The van der Waals surface area contributed by atoms with Gasteiger partial charge in [-0.05, 0) is 38.6 Å². The Morgan fingerprint density at radius 2 is 2.10 bits per heavy atom. The minimum atomic E-state index is 0. The first-order valence-corrected chi connectivity index (χ1v) is 7.93. The van der Waals surface area contributed by atoms with Crippen molar-refractivity contribution in [1.82, 2.24) is 15.5 Å². The topological polar surface area (TPSA) is 44.4 Å². The van der Waals surface area contributed by atoms with Gasteiger partial charge >= 0.3 is 0 Å². The van der Waals surface area contributed by atoms with E-state index in [1.165, 1.54) is 19.3 Å². The van der Waals surface area contributed by atoms with E-state index in [4.69, 9.17) is 0 Å². The highest BCUT2D eigenvalue weighted by Gasteiger charge is 2.17. The van der Waals surface area contributed by atoms with Crippen LogP contribution in [0.3, 0.4) is 0 Å². The van der Waals surface area contributed by atoms with Crippen LogP contribution in [0.15, 0.2) is 18.0 Å². The average Bonchev–Trinajstić information content (AvgIpc) is 3.01. The summed E-state index contributed by atoms with van der Waals surface area (Å²) in [7, 11) is 0. The van der Waals surface area contributed by atoms with Crippen molar-refractivity contribution in [2.75, 3.05) is 26.2 Å². The van der Waals surface area contributed by atoms with Crippen molar-refractivity contribution in [3.05, 3.63) is 18.0 Å². The number of nitrogens with zero attached hydrogens (tertiary/aromatic N) is 1. The minimum absolute atomic E-state index is 0. The second-order valence-electron chi connectivity index (χ2n) is 5.77. The molecule has 0 unspecified atom stereocenters. The summed E-state index contributed by atoms with van der Waals surface area (Å²) in [6.45, 7) is 7.63. The Bertz CT molecular complexity index is 372. The summed E-state index contributed by atoms with van der Waals surface area (Å²) >= 11 is 0. The van der Waals surface area contributed by atoms with E-state index in [-0.39, 0.29) is 8.76 Å². The summed E-state index contributed by atoms with van der Waals surface area (Å²) < 4.78 is 0. The molecule has 0 aromatic heterocycles. The SMILES string of the molecule is C=C=C(CCC(=O)N1CCCCC1)NC[C@H]1CCCN1.[HH].[HH]. The monoisotopic (exact) mass is 281 g/mol. The highest BCUT2D eigenvalue weighted by molar-refractivity contribution is 5.76. The molecule has 2 rings (SSSR count). The number of likely N-dealkylation sites (tertiary alicyclic amines) is 1. The van der Waals surface area contributed by atoms with Gasteiger partial charge in [-0.3, -0.25) is 4.79 Å². The number of piperidine rings is 1. The van der Waals surface area contributed by atoms with Gasteiger partial charge in [0.2, 0.25) is 5.91 Å². The zero-order chi connectivity index (χ0) is 14.2. The van der Waals surface area contributed by atoms with Crippen molar-refractivity contribution in [3.8, 4) is 0 Å². The predicted octanol–water partition coefficient (Wildman–Crippen LogP) is 2.28. The van der Waals surface area contributed by atoms with Crippen LogP contribution in [0.1, 0.15) is 47.8 Å². The molecule has 2 fully saturated rings. The van der Waals surface area contributed by atoms with Gasteiger partial charge in [-0.2, -0.15) is 0 Å². The predicted molar refractivity (Wildman–Crippen MR) is 85.6 cm³/mol. The molecule has 2 aliphatic rings. The maximum atomic E-state index is 12.1. The van der Waals surface area contributed by atoms with Gasteiger partial charge in [-0.15, -0.1) is 5.73 Å². The van der Waals surface area contributed by atoms with Crippen LogP contribution in [0.5, 0.6) is 0 Å². The summed E-state index contributed by atoms with van der Waals surface area (Å²) in [5.74, 6) is 0.276. The molecule has 116 valence electrons. The fourth-order valence-electron chi connectivity index (χ4n) is 2.95. The Morgan fingerprint density at radius 3 is 2.75 bits per heavy atom. The average molecular weight is 281 g/mol. The maximum absolute atomic E-state index is 12.1. The molecule has 0 bridgehead atoms. The number of amides is 1. The van der Waals surface area contributed by atoms with Crippen LogP contribution in [0.2, 0.25) is 0 Å². The molecular weight excluding hydrogens is 250 g/mol. The van der Waals surface area contributed by atoms with Crippen LogP contribution >= 0.6 is 0 Å². The van der Waals surface area contributed by atoms with E-state index in [9.17, 15) is 4.79 Å². The van der Waals surface area contributed by atoms with Gasteiger partial charge < -0.3 is 15.5 Å². The molecule has 0 spiro atoms. The lowest BCUT2D eigenvalue weighted by atomic mass is 10.1. The molecule has 0 radical (unpaired) electrons. The van der Waals surface area contributed by atoms with Gasteiger partial charge in [0.05, 0.1) is 5.70 Å². The van der Waals surface area contributed by atoms with Crippen molar-refractivity contribution >= 4 is 5.91 Å². The normalized spacial score (nSPS) is 22.4. The van der Waals surface area contributed by atoms with E-state index in [1.54, 1.807) is 0 Å². The number of rotatable bonds is 6. The molecular formula is C16H31N3O. The number of allylic oxidation sites excluding steroid dienone is 1. The first kappa shape index (κ1) is 15.1. The van der Waals surface area contributed by atoms with Gasteiger partial charge in [0, 0.05) is 41.4 Å². The van der Waals surface area contributed by atoms with Crippen molar-refractivity contribution in [3.63, 3.8) is 0 Å². The Labute approximate surface area is 125 Å². The van der Waals surface area contributed by atoms with E-state index in [2.05, 4.69) is 22.9 Å². The number of hydrogen-bond donors (Lipinski definition) is 2. The molecule has 20 heavy (non-hydrogen) atoms. The molecule has 2 N–H and O–H groups in total. The molecule has 0 saturated carbocycles. The third-order valence-corrected chi connectivity index (χ3v) is 4.24. The molecule has 1 atom stereocenters. The summed E-state index contributed by atoms with van der Waals surface area (Å²) in [5, 5.41) is 6.83. The Morgan fingerprint density at radius 1 is 1.30 bits per heavy atom. The van der Waals surface area contributed by atoms with Gasteiger partial charge in [-0.25, -0.2) is 0 Å². The molecule has 4 heteroatoms. The van der Waals surface area contributed by atoms with Crippen LogP contribution in [0.4, 0.5) is 0 Å². The van der Waals surface area contributed by atoms with E-state index in [1.807, 2.05) is 4.90 Å². The van der Waals surface area contributed by atoms with Gasteiger partial charge in [0.15, 0.2) is 0 Å².